The second-order valence-corrected chi connectivity index (χ2v) is 4.30. The van der Waals surface area contributed by atoms with E-state index in [1.807, 2.05) is 12.1 Å². The van der Waals surface area contributed by atoms with E-state index in [0.717, 1.165) is 5.69 Å². The zero-order valence-electron chi connectivity index (χ0n) is 11.1. The summed E-state index contributed by atoms with van der Waals surface area (Å²) in [4.78, 5) is 26.8. The summed E-state index contributed by atoms with van der Waals surface area (Å²) in [5, 5.41) is 5.44. The van der Waals surface area contributed by atoms with Crippen LogP contribution in [0.4, 0.5) is 11.4 Å². The monoisotopic (exact) mass is 269 g/mol. The van der Waals surface area contributed by atoms with E-state index in [1.165, 1.54) is 6.92 Å². The number of anilines is 2. The first-order valence-corrected chi connectivity index (χ1v) is 6.21. The first-order valence-electron chi connectivity index (χ1n) is 6.21. The Morgan fingerprint density at radius 1 is 1.00 bits per heavy atom. The highest BCUT2D eigenvalue weighted by Crippen LogP contribution is 2.13. The van der Waals surface area contributed by atoms with Crippen LogP contribution >= 0.6 is 0 Å². The van der Waals surface area contributed by atoms with E-state index in [1.54, 1.807) is 36.5 Å². The third-order valence-corrected chi connectivity index (χ3v) is 2.56. The van der Waals surface area contributed by atoms with Crippen molar-refractivity contribution in [2.24, 2.45) is 0 Å². The van der Waals surface area contributed by atoms with Crippen molar-refractivity contribution in [3.63, 3.8) is 0 Å². The molecule has 0 saturated carbocycles. The van der Waals surface area contributed by atoms with Gasteiger partial charge in [-0.15, -0.1) is 0 Å². The molecule has 0 aliphatic carbocycles. The summed E-state index contributed by atoms with van der Waals surface area (Å²) in [6.45, 7) is 1.45. The van der Waals surface area contributed by atoms with Crippen molar-refractivity contribution >= 4 is 23.2 Å². The van der Waals surface area contributed by atoms with Crippen LogP contribution in [0.1, 0.15) is 12.6 Å². The first kappa shape index (κ1) is 13.7. The number of aromatic nitrogens is 1. The van der Waals surface area contributed by atoms with Gasteiger partial charge >= 0.3 is 0 Å². The molecule has 0 atom stereocenters. The molecule has 5 nitrogen and oxygen atoms in total. The number of pyridine rings is 1. The van der Waals surface area contributed by atoms with Gasteiger partial charge in [0.1, 0.15) is 0 Å². The van der Waals surface area contributed by atoms with Crippen LogP contribution in [-0.4, -0.2) is 16.8 Å². The maximum atomic E-state index is 11.8. The van der Waals surface area contributed by atoms with Gasteiger partial charge in [-0.05, 0) is 36.4 Å². The lowest BCUT2D eigenvalue weighted by atomic mass is 10.2. The lowest BCUT2D eigenvalue weighted by Gasteiger charge is -2.06. The third-order valence-electron chi connectivity index (χ3n) is 2.56. The molecular weight excluding hydrogens is 254 g/mol. The van der Waals surface area contributed by atoms with Crippen molar-refractivity contribution in [3.8, 4) is 0 Å². The van der Waals surface area contributed by atoms with E-state index in [4.69, 9.17) is 0 Å². The number of benzene rings is 1. The van der Waals surface area contributed by atoms with E-state index in [-0.39, 0.29) is 18.2 Å². The van der Waals surface area contributed by atoms with Gasteiger partial charge in [-0.3, -0.25) is 14.6 Å². The highest BCUT2D eigenvalue weighted by molar-refractivity contribution is 5.93. The van der Waals surface area contributed by atoms with Gasteiger partial charge in [0, 0.05) is 30.2 Å². The minimum atomic E-state index is -0.129. The van der Waals surface area contributed by atoms with Gasteiger partial charge in [0.2, 0.25) is 11.8 Å². The summed E-state index contributed by atoms with van der Waals surface area (Å²) in [6.07, 6.45) is 1.89. The van der Waals surface area contributed by atoms with Crippen molar-refractivity contribution in [3.05, 3.63) is 54.4 Å². The van der Waals surface area contributed by atoms with Crippen molar-refractivity contribution in [1.82, 2.24) is 4.98 Å². The first-order chi connectivity index (χ1) is 9.63. The molecule has 0 saturated heterocycles. The fourth-order valence-corrected chi connectivity index (χ4v) is 1.71. The zero-order chi connectivity index (χ0) is 14.4. The normalized spacial score (nSPS) is 9.85. The van der Waals surface area contributed by atoms with E-state index in [9.17, 15) is 9.59 Å². The minimum absolute atomic E-state index is 0.128. The number of hydrogen-bond donors (Lipinski definition) is 2. The molecule has 102 valence electrons. The molecule has 2 N–H and O–H groups in total. The Labute approximate surface area is 117 Å². The van der Waals surface area contributed by atoms with Crippen molar-refractivity contribution in [2.45, 2.75) is 13.3 Å². The highest BCUT2D eigenvalue weighted by atomic mass is 16.2. The van der Waals surface area contributed by atoms with E-state index >= 15 is 0 Å². The SMILES string of the molecule is CC(=O)Nc1ccc(NC(=O)Cc2ccccn2)cc1. The van der Waals surface area contributed by atoms with E-state index in [2.05, 4.69) is 15.6 Å². The molecule has 0 aliphatic rings. The Hall–Kier alpha value is -2.69. The Morgan fingerprint density at radius 2 is 1.65 bits per heavy atom. The Kier molecular flexibility index (Phi) is 4.44. The third kappa shape index (κ3) is 4.20. The van der Waals surface area contributed by atoms with Crippen molar-refractivity contribution < 1.29 is 9.59 Å². The van der Waals surface area contributed by atoms with Crippen LogP contribution in [0, 0.1) is 0 Å². The number of carbonyl (C=O) groups excluding carboxylic acids is 2. The predicted molar refractivity (Wildman–Crippen MR) is 77.3 cm³/mol. The summed E-state index contributed by atoms with van der Waals surface area (Å²) in [6, 6.07) is 12.4. The van der Waals surface area contributed by atoms with Crippen LogP contribution in [0.25, 0.3) is 0 Å². The number of rotatable bonds is 4. The highest BCUT2D eigenvalue weighted by Gasteiger charge is 2.05. The lowest BCUT2D eigenvalue weighted by Crippen LogP contribution is -2.15. The topological polar surface area (TPSA) is 71.1 Å². The molecule has 0 aliphatic heterocycles. The number of carbonyl (C=O) groups is 2. The average molecular weight is 269 g/mol. The fourth-order valence-electron chi connectivity index (χ4n) is 1.71. The molecule has 2 amide bonds. The lowest BCUT2D eigenvalue weighted by molar-refractivity contribution is -0.116. The number of nitrogens with one attached hydrogen (secondary N) is 2. The summed E-state index contributed by atoms with van der Waals surface area (Å²) in [7, 11) is 0. The molecule has 1 aromatic heterocycles. The molecule has 1 aromatic carbocycles. The van der Waals surface area contributed by atoms with Gasteiger partial charge in [-0.25, -0.2) is 0 Å². The number of nitrogens with zero attached hydrogens (tertiary/aromatic N) is 1. The maximum Gasteiger partial charge on any atom is 0.230 e. The standard InChI is InChI=1S/C15H15N3O2/c1-11(19)17-12-5-7-13(8-6-12)18-15(20)10-14-4-2-3-9-16-14/h2-9H,10H2,1H3,(H,17,19)(H,18,20). The summed E-state index contributed by atoms with van der Waals surface area (Å²) in [5.74, 6) is -0.257. The van der Waals surface area contributed by atoms with E-state index < -0.39 is 0 Å². The quantitative estimate of drug-likeness (QED) is 0.894. The van der Waals surface area contributed by atoms with Gasteiger partial charge in [0.25, 0.3) is 0 Å². The van der Waals surface area contributed by atoms with Gasteiger partial charge in [-0.1, -0.05) is 6.07 Å². The van der Waals surface area contributed by atoms with Crippen LogP contribution in [0.2, 0.25) is 0 Å². The number of hydrogen-bond acceptors (Lipinski definition) is 3. The van der Waals surface area contributed by atoms with Gasteiger partial charge in [0.05, 0.1) is 6.42 Å². The average Bonchev–Trinajstić information content (AvgIpc) is 2.41. The van der Waals surface area contributed by atoms with Gasteiger partial charge in [0.15, 0.2) is 0 Å². The second kappa shape index (κ2) is 6.47. The molecule has 2 rings (SSSR count). The Morgan fingerprint density at radius 3 is 2.20 bits per heavy atom. The maximum absolute atomic E-state index is 11.8. The molecule has 0 bridgehead atoms. The van der Waals surface area contributed by atoms with Gasteiger partial charge < -0.3 is 10.6 Å². The predicted octanol–water partition coefficient (Wildman–Crippen LogP) is 2.22. The smallest absolute Gasteiger partial charge is 0.230 e. The van der Waals surface area contributed by atoms with Crippen LogP contribution in [0.3, 0.4) is 0 Å². The molecule has 0 unspecified atom stereocenters. The molecule has 20 heavy (non-hydrogen) atoms. The van der Waals surface area contributed by atoms with Crippen LogP contribution in [-0.2, 0) is 16.0 Å². The second-order valence-electron chi connectivity index (χ2n) is 4.30. The van der Waals surface area contributed by atoms with Crippen molar-refractivity contribution in [1.29, 1.82) is 0 Å². The largest absolute Gasteiger partial charge is 0.326 e. The van der Waals surface area contributed by atoms with Gasteiger partial charge in [-0.2, -0.15) is 0 Å². The minimum Gasteiger partial charge on any atom is -0.326 e. The molecule has 2 aromatic rings. The molecule has 0 spiro atoms. The Bertz CT molecular complexity index is 594. The molecule has 5 heteroatoms. The van der Waals surface area contributed by atoms with E-state index in [0.29, 0.717) is 11.4 Å². The molecule has 0 fully saturated rings. The van der Waals surface area contributed by atoms with Crippen LogP contribution in [0.15, 0.2) is 48.7 Å². The fraction of sp³-hybridized carbons (Fsp3) is 0.133. The number of amides is 2. The summed E-state index contributed by atoms with van der Waals surface area (Å²) in [5.41, 5.74) is 2.10. The Balaban J connectivity index is 1.93. The van der Waals surface area contributed by atoms with Crippen molar-refractivity contribution in [2.75, 3.05) is 10.6 Å². The van der Waals surface area contributed by atoms with Crippen LogP contribution < -0.4 is 10.6 Å². The molecule has 1 heterocycles. The zero-order valence-corrected chi connectivity index (χ0v) is 11.1. The summed E-state index contributed by atoms with van der Waals surface area (Å²) < 4.78 is 0. The summed E-state index contributed by atoms with van der Waals surface area (Å²) >= 11 is 0. The molecular formula is C15H15N3O2. The van der Waals surface area contributed by atoms with Crippen LogP contribution in [0.5, 0.6) is 0 Å². The molecule has 0 radical (unpaired) electrons.